The normalized spacial score (nSPS) is 17.5. The monoisotopic (exact) mass is 243 g/mol. The van der Waals surface area contributed by atoms with Gasteiger partial charge in [-0.1, -0.05) is 6.92 Å². The number of carbonyl (C=O) groups is 1. The third-order valence-corrected chi connectivity index (χ3v) is 2.88. The van der Waals surface area contributed by atoms with Gasteiger partial charge in [0.1, 0.15) is 0 Å². The average molecular weight is 243 g/mol. The quantitative estimate of drug-likeness (QED) is 0.634. The first-order chi connectivity index (χ1) is 7.74. The van der Waals surface area contributed by atoms with Crippen LogP contribution in [0.15, 0.2) is 11.8 Å². The second-order valence-corrected chi connectivity index (χ2v) is 4.99. The number of carboxylic acids is 1. The molecular weight excluding hydrogens is 220 g/mol. The maximum absolute atomic E-state index is 10.5. The molecule has 0 saturated carbocycles. The second-order valence-electron chi connectivity index (χ2n) is 4.99. The molecule has 2 atom stereocenters. The topological polar surface area (TPSA) is 80.6 Å². The third-order valence-electron chi connectivity index (χ3n) is 2.88. The summed E-state index contributed by atoms with van der Waals surface area (Å²) in [5, 5.41) is 29.5. The van der Waals surface area contributed by atoms with Crippen molar-refractivity contribution in [2.24, 2.45) is 5.92 Å². The Labute approximate surface area is 103 Å². The molecule has 0 radical (unpaired) electrons. The predicted molar refractivity (Wildman–Crippen MR) is 64.3 cm³/mol. The standard InChI is InChI=1S/C13H24O4/c1-10(12(15)16)6-4-8-13(3,17)9-5-7-11(2)14/h7,10,14,17H,4-6,8-9H2,1-3H3,(H,15,16)/p-1/b11-7+. The van der Waals surface area contributed by atoms with Crippen molar-refractivity contribution >= 4 is 5.97 Å². The van der Waals surface area contributed by atoms with E-state index in [1.54, 1.807) is 26.8 Å². The first kappa shape index (κ1) is 16.0. The average Bonchev–Trinajstić information content (AvgIpc) is 2.15. The molecule has 0 fully saturated rings. The highest BCUT2D eigenvalue weighted by Gasteiger charge is 2.19. The van der Waals surface area contributed by atoms with Gasteiger partial charge in [-0.3, -0.25) is 0 Å². The van der Waals surface area contributed by atoms with Crippen LogP contribution in [0, 0.1) is 5.92 Å². The molecule has 0 aliphatic carbocycles. The first-order valence-corrected chi connectivity index (χ1v) is 6.03. The van der Waals surface area contributed by atoms with E-state index >= 15 is 0 Å². The van der Waals surface area contributed by atoms with Crippen LogP contribution in [0.2, 0.25) is 0 Å². The van der Waals surface area contributed by atoms with Crippen LogP contribution < -0.4 is 5.11 Å². The molecule has 0 aliphatic rings. The van der Waals surface area contributed by atoms with Gasteiger partial charge in [0.2, 0.25) is 0 Å². The Bertz CT molecular complexity index is 265. The molecule has 100 valence electrons. The highest BCUT2D eigenvalue weighted by Crippen LogP contribution is 2.21. The highest BCUT2D eigenvalue weighted by atomic mass is 16.4. The zero-order valence-electron chi connectivity index (χ0n) is 10.9. The summed E-state index contributed by atoms with van der Waals surface area (Å²) in [6.07, 6.45) is 4.58. The fraction of sp³-hybridized carbons (Fsp3) is 0.769. The van der Waals surface area contributed by atoms with Crippen molar-refractivity contribution in [3.05, 3.63) is 11.8 Å². The molecule has 0 aromatic carbocycles. The van der Waals surface area contributed by atoms with E-state index in [0.29, 0.717) is 32.1 Å². The van der Waals surface area contributed by atoms with E-state index < -0.39 is 17.5 Å². The Balaban J connectivity index is 3.85. The molecule has 2 N–H and O–H groups in total. The Morgan fingerprint density at radius 1 is 1.47 bits per heavy atom. The summed E-state index contributed by atoms with van der Waals surface area (Å²) in [4.78, 5) is 10.5. The van der Waals surface area contributed by atoms with Gasteiger partial charge in [-0.25, -0.2) is 0 Å². The molecule has 0 aliphatic heterocycles. The van der Waals surface area contributed by atoms with Crippen LogP contribution in [-0.2, 0) is 4.79 Å². The van der Waals surface area contributed by atoms with Crippen LogP contribution >= 0.6 is 0 Å². The van der Waals surface area contributed by atoms with Crippen molar-refractivity contribution in [3.8, 4) is 0 Å². The van der Waals surface area contributed by atoms with Crippen LogP contribution in [0.25, 0.3) is 0 Å². The lowest BCUT2D eigenvalue weighted by Gasteiger charge is -2.23. The Hall–Kier alpha value is -1.03. The predicted octanol–water partition coefficient (Wildman–Crippen LogP) is 1.54. The molecule has 0 rings (SSSR count). The third kappa shape index (κ3) is 8.74. The number of aliphatic hydroxyl groups is 2. The van der Waals surface area contributed by atoms with Gasteiger partial charge in [0.05, 0.1) is 11.4 Å². The van der Waals surface area contributed by atoms with Crippen molar-refractivity contribution in [2.75, 3.05) is 0 Å². The van der Waals surface area contributed by atoms with Crippen LogP contribution in [-0.4, -0.2) is 21.8 Å². The van der Waals surface area contributed by atoms with Crippen LogP contribution in [0.1, 0.15) is 52.9 Å². The number of rotatable bonds is 8. The smallest absolute Gasteiger partial charge is 0.0852 e. The van der Waals surface area contributed by atoms with Gasteiger partial charge in [0, 0.05) is 5.97 Å². The van der Waals surface area contributed by atoms with Crippen molar-refractivity contribution in [1.29, 1.82) is 0 Å². The summed E-state index contributed by atoms with van der Waals surface area (Å²) in [5.41, 5.74) is -0.808. The van der Waals surface area contributed by atoms with Gasteiger partial charge >= 0.3 is 0 Å². The lowest BCUT2D eigenvalue weighted by molar-refractivity contribution is -0.311. The zero-order chi connectivity index (χ0) is 13.5. The minimum atomic E-state index is -1.04. The van der Waals surface area contributed by atoms with Crippen molar-refractivity contribution < 1.29 is 20.1 Å². The molecule has 0 heterocycles. The number of hydrogen-bond acceptors (Lipinski definition) is 4. The van der Waals surface area contributed by atoms with Gasteiger partial charge in [-0.2, -0.15) is 0 Å². The number of carbonyl (C=O) groups excluding carboxylic acids is 1. The van der Waals surface area contributed by atoms with Crippen LogP contribution in [0.3, 0.4) is 0 Å². The van der Waals surface area contributed by atoms with Crippen LogP contribution in [0.5, 0.6) is 0 Å². The molecular formula is C13H23O4-. The summed E-state index contributed by atoms with van der Waals surface area (Å²) >= 11 is 0. The fourth-order valence-electron chi connectivity index (χ4n) is 1.62. The lowest BCUT2D eigenvalue weighted by Crippen LogP contribution is -2.30. The molecule has 4 heteroatoms. The van der Waals surface area contributed by atoms with Crippen LogP contribution in [0.4, 0.5) is 0 Å². The largest absolute Gasteiger partial charge is 0.550 e. The molecule has 0 bridgehead atoms. The Morgan fingerprint density at radius 2 is 2.06 bits per heavy atom. The minimum Gasteiger partial charge on any atom is -0.550 e. The van der Waals surface area contributed by atoms with Gasteiger partial charge in [0.25, 0.3) is 0 Å². The van der Waals surface area contributed by atoms with Gasteiger partial charge in [-0.15, -0.1) is 0 Å². The van der Waals surface area contributed by atoms with Crippen molar-refractivity contribution in [2.45, 2.75) is 58.5 Å². The lowest BCUT2D eigenvalue weighted by atomic mass is 9.91. The molecule has 0 aromatic rings. The molecule has 0 saturated heterocycles. The number of hydrogen-bond donors (Lipinski definition) is 2. The Kier molecular flexibility index (Phi) is 6.88. The minimum absolute atomic E-state index is 0.256. The summed E-state index contributed by atoms with van der Waals surface area (Å²) in [6.45, 7) is 4.94. The second kappa shape index (κ2) is 7.33. The van der Waals surface area contributed by atoms with E-state index in [1.807, 2.05) is 0 Å². The maximum Gasteiger partial charge on any atom is 0.0852 e. The van der Waals surface area contributed by atoms with E-state index in [1.165, 1.54) is 0 Å². The first-order valence-electron chi connectivity index (χ1n) is 6.03. The molecule has 0 aromatic heterocycles. The molecule has 2 unspecified atom stereocenters. The zero-order valence-corrected chi connectivity index (χ0v) is 10.9. The van der Waals surface area contributed by atoms with Gasteiger partial charge < -0.3 is 20.1 Å². The summed E-state index contributed by atoms with van der Waals surface area (Å²) in [5.74, 6) is -1.25. The maximum atomic E-state index is 10.5. The van der Waals surface area contributed by atoms with E-state index in [4.69, 9.17) is 5.11 Å². The fourth-order valence-corrected chi connectivity index (χ4v) is 1.62. The Morgan fingerprint density at radius 3 is 2.53 bits per heavy atom. The molecule has 4 nitrogen and oxygen atoms in total. The SMILES string of the molecule is C/C(O)=C\CCC(C)(O)CCCC(C)C(=O)[O-]. The summed E-state index contributed by atoms with van der Waals surface area (Å²) in [7, 11) is 0. The summed E-state index contributed by atoms with van der Waals surface area (Å²) < 4.78 is 0. The molecule has 0 amide bonds. The van der Waals surface area contributed by atoms with E-state index in [9.17, 15) is 15.0 Å². The van der Waals surface area contributed by atoms with Crippen molar-refractivity contribution in [1.82, 2.24) is 0 Å². The number of allylic oxidation sites excluding steroid dienone is 2. The molecule has 17 heavy (non-hydrogen) atoms. The number of aliphatic hydroxyl groups excluding tert-OH is 1. The highest BCUT2D eigenvalue weighted by molar-refractivity contribution is 5.66. The molecule has 0 spiro atoms. The van der Waals surface area contributed by atoms with Gasteiger partial charge in [-0.05, 0) is 57.9 Å². The van der Waals surface area contributed by atoms with Gasteiger partial charge in [0.15, 0.2) is 0 Å². The van der Waals surface area contributed by atoms with Crippen molar-refractivity contribution in [3.63, 3.8) is 0 Å². The van der Waals surface area contributed by atoms with E-state index in [-0.39, 0.29) is 5.76 Å². The van der Waals surface area contributed by atoms with E-state index in [0.717, 1.165) is 0 Å². The number of aliphatic carboxylic acids is 1. The number of carboxylic acid groups (broad SMARTS) is 1. The van der Waals surface area contributed by atoms with E-state index in [2.05, 4.69) is 0 Å². The summed E-state index contributed by atoms with van der Waals surface area (Å²) in [6, 6.07) is 0.